The second-order valence-electron chi connectivity index (χ2n) is 6.98. The Labute approximate surface area is 189 Å². The summed E-state index contributed by atoms with van der Waals surface area (Å²) < 4.78 is 47.9. The summed E-state index contributed by atoms with van der Waals surface area (Å²) in [5, 5.41) is 8.98. The van der Waals surface area contributed by atoms with Crippen molar-refractivity contribution in [2.45, 2.75) is 32.9 Å². The molecule has 4 rings (SSSR count). The third-order valence-electron chi connectivity index (χ3n) is 4.90. The molecule has 0 unspecified atom stereocenters. The van der Waals surface area contributed by atoms with E-state index in [2.05, 4.69) is 6.07 Å². The van der Waals surface area contributed by atoms with Gasteiger partial charge >= 0.3 is 0 Å². The number of benzene rings is 2. The van der Waals surface area contributed by atoms with Crippen LogP contribution in [0.2, 0.25) is 0 Å². The highest BCUT2D eigenvalue weighted by Gasteiger charge is 2.35. The van der Waals surface area contributed by atoms with Gasteiger partial charge in [-0.05, 0) is 67.4 Å². The molecular formula is C22H19FN2O3S3. The van der Waals surface area contributed by atoms with Crippen LogP contribution in [0.25, 0.3) is 0 Å². The third kappa shape index (κ3) is 5.10. The van der Waals surface area contributed by atoms with Gasteiger partial charge in [0.25, 0.3) is 0 Å². The molecule has 9 heteroatoms. The van der Waals surface area contributed by atoms with E-state index in [-0.39, 0.29) is 23.4 Å². The third-order valence-corrected chi connectivity index (χ3v) is 8.96. The Bertz CT molecular complexity index is 1200. The van der Waals surface area contributed by atoms with E-state index in [1.54, 1.807) is 24.3 Å². The van der Waals surface area contributed by atoms with Crippen LogP contribution in [-0.2, 0) is 10.0 Å². The summed E-state index contributed by atoms with van der Waals surface area (Å²) in [4.78, 5) is 1.65. The predicted molar refractivity (Wildman–Crippen MR) is 118 cm³/mol. The van der Waals surface area contributed by atoms with E-state index in [1.165, 1.54) is 51.7 Å². The van der Waals surface area contributed by atoms with Crippen molar-refractivity contribution >= 4 is 33.1 Å². The average molecular weight is 475 g/mol. The van der Waals surface area contributed by atoms with Gasteiger partial charge in [-0.15, -0.1) is 11.3 Å². The van der Waals surface area contributed by atoms with Gasteiger partial charge in [0.1, 0.15) is 29.1 Å². The number of hydrogen-bond acceptors (Lipinski definition) is 6. The summed E-state index contributed by atoms with van der Waals surface area (Å²) in [6.07, 6.45) is 1.47. The summed E-state index contributed by atoms with van der Waals surface area (Å²) in [5.74, 6) is 0.165. The van der Waals surface area contributed by atoms with Crippen molar-refractivity contribution in [1.29, 1.82) is 5.26 Å². The van der Waals surface area contributed by atoms with Crippen LogP contribution in [0, 0.1) is 17.1 Å². The number of hydrogen-bond donors (Lipinski definition) is 0. The molecule has 1 aromatic heterocycles. The van der Waals surface area contributed by atoms with Crippen molar-refractivity contribution < 1.29 is 17.5 Å². The fourth-order valence-electron chi connectivity index (χ4n) is 3.40. The number of sulfonamides is 1. The predicted octanol–water partition coefficient (Wildman–Crippen LogP) is 5.14. The van der Waals surface area contributed by atoms with E-state index < -0.39 is 10.0 Å². The number of ether oxygens (including phenoxy) is 1. The highest BCUT2D eigenvalue weighted by atomic mass is 32.2. The SMILES string of the molecule is N#Cc1ccc(Sc2cccc(S(=O)(=O)N3CCC[C@H]3COc3ccc(F)cc3)c2)s1. The molecule has 0 saturated carbocycles. The lowest BCUT2D eigenvalue weighted by Crippen LogP contribution is -2.39. The van der Waals surface area contributed by atoms with Gasteiger partial charge in [0, 0.05) is 11.4 Å². The smallest absolute Gasteiger partial charge is 0.243 e. The van der Waals surface area contributed by atoms with E-state index in [0.29, 0.717) is 23.6 Å². The molecular weight excluding hydrogens is 455 g/mol. The van der Waals surface area contributed by atoms with Crippen LogP contribution in [-0.4, -0.2) is 31.9 Å². The first kappa shape index (κ1) is 21.8. The van der Waals surface area contributed by atoms with Crippen LogP contribution >= 0.6 is 23.1 Å². The van der Waals surface area contributed by atoms with Crippen LogP contribution < -0.4 is 4.74 Å². The first-order valence-electron chi connectivity index (χ1n) is 9.64. The molecule has 2 heterocycles. The Morgan fingerprint density at radius 2 is 2.00 bits per heavy atom. The molecule has 3 aromatic rings. The highest BCUT2D eigenvalue weighted by molar-refractivity contribution is 8.01. The molecule has 31 heavy (non-hydrogen) atoms. The van der Waals surface area contributed by atoms with Crippen LogP contribution in [0.1, 0.15) is 17.7 Å². The minimum absolute atomic E-state index is 0.214. The molecule has 0 spiro atoms. The van der Waals surface area contributed by atoms with Crippen molar-refractivity contribution in [2.24, 2.45) is 0 Å². The van der Waals surface area contributed by atoms with Crippen molar-refractivity contribution in [3.05, 3.63) is 71.4 Å². The van der Waals surface area contributed by atoms with Crippen molar-refractivity contribution in [1.82, 2.24) is 4.31 Å². The molecule has 0 N–H and O–H groups in total. The number of nitrogens with zero attached hydrogens (tertiary/aromatic N) is 2. The zero-order valence-corrected chi connectivity index (χ0v) is 18.9. The van der Waals surface area contributed by atoms with Crippen molar-refractivity contribution in [2.75, 3.05) is 13.2 Å². The largest absolute Gasteiger partial charge is 0.492 e. The van der Waals surface area contributed by atoms with E-state index in [4.69, 9.17) is 10.00 Å². The maximum Gasteiger partial charge on any atom is 0.243 e. The Morgan fingerprint density at radius 3 is 2.74 bits per heavy atom. The molecule has 160 valence electrons. The standard InChI is InChI=1S/C22H19FN2O3S3/c23-16-6-8-18(9-7-16)28-15-17-3-2-12-25(17)31(26,27)21-5-1-4-19(13-21)29-22-11-10-20(14-24)30-22/h1,4-11,13,17H,2-3,12,15H2/t17-/m0/s1. The topological polar surface area (TPSA) is 70.4 Å². The van der Waals surface area contributed by atoms with Crippen LogP contribution in [0.3, 0.4) is 0 Å². The zero-order valence-electron chi connectivity index (χ0n) is 16.4. The monoisotopic (exact) mass is 474 g/mol. The van der Waals surface area contributed by atoms with Gasteiger partial charge in [-0.2, -0.15) is 9.57 Å². The van der Waals surface area contributed by atoms with Gasteiger partial charge < -0.3 is 4.74 Å². The van der Waals surface area contributed by atoms with Crippen molar-refractivity contribution in [3.63, 3.8) is 0 Å². The molecule has 1 atom stereocenters. The Morgan fingerprint density at radius 1 is 1.19 bits per heavy atom. The first-order chi connectivity index (χ1) is 15.0. The van der Waals surface area contributed by atoms with E-state index in [0.717, 1.165) is 15.5 Å². The molecule has 5 nitrogen and oxygen atoms in total. The van der Waals surface area contributed by atoms with Gasteiger partial charge in [-0.3, -0.25) is 0 Å². The van der Waals surface area contributed by atoms with Crippen LogP contribution in [0.5, 0.6) is 5.75 Å². The molecule has 2 aromatic carbocycles. The summed E-state index contributed by atoms with van der Waals surface area (Å²) >= 11 is 2.81. The van der Waals surface area contributed by atoms with E-state index >= 15 is 0 Å². The maximum atomic E-state index is 13.3. The lowest BCUT2D eigenvalue weighted by atomic mass is 10.2. The molecule has 0 aliphatic carbocycles. The summed E-state index contributed by atoms with van der Waals surface area (Å²) in [7, 11) is -3.68. The average Bonchev–Trinajstić information content (AvgIpc) is 3.43. The number of thiophene rings is 1. The summed E-state index contributed by atoms with van der Waals surface area (Å²) in [6.45, 7) is 0.652. The molecule has 0 amide bonds. The fraction of sp³-hybridized carbons (Fsp3) is 0.227. The van der Waals surface area contributed by atoms with Crippen molar-refractivity contribution in [3.8, 4) is 11.8 Å². The number of halogens is 1. The first-order valence-corrected chi connectivity index (χ1v) is 12.7. The number of rotatable bonds is 7. The lowest BCUT2D eigenvalue weighted by Gasteiger charge is -2.24. The van der Waals surface area contributed by atoms with Crippen LogP contribution in [0.4, 0.5) is 4.39 Å². The normalized spacial score (nSPS) is 16.8. The Balaban J connectivity index is 1.48. The highest BCUT2D eigenvalue weighted by Crippen LogP contribution is 2.35. The lowest BCUT2D eigenvalue weighted by molar-refractivity contribution is 0.232. The van der Waals surface area contributed by atoms with E-state index in [1.807, 2.05) is 12.1 Å². The molecule has 1 fully saturated rings. The minimum Gasteiger partial charge on any atom is -0.492 e. The quantitative estimate of drug-likeness (QED) is 0.474. The second kappa shape index (κ2) is 9.40. The molecule has 1 aliphatic rings. The maximum absolute atomic E-state index is 13.3. The van der Waals surface area contributed by atoms with E-state index in [9.17, 15) is 12.8 Å². The van der Waals surface area contributed by atoms with Gasteiger partial charge in [0.15, 0.2) is 0 Å². The molecule has 0 bridgehead atoms. The Hall–Kier alpha value is -2.38. The van der Waals surface area contributed by atoms with Gasteiger partial charge in [0.05, 0.1) is 15.1 Å². The summed E-state index contributed by atoms with van der Waals surface area (Å²) in [5.41, 5.74) is 0. The fourth-order valence-corrected chi connectivity index (χ4v) is 7.16. The molecule has 1 saturated heterocycles. The van der Waals surface area contributed by atoms with Crippen LogP contribution in [0.15, 0.2) is 74.7 Å². The molecule has 0 radical (unpaired) electrons. The molecule has 1 aliphatic heterocycles. The Kier molecular flexibility index (Phi) is 6.62. The minimum atomic E-state index is -3.68. The summed E-state index contributed by atoms with van der Waals surface area (Å²) in [6, 6.07) is 18.0. The van der Waals surface area contributed by atoms with Gasteiger partial charge in [-0.25, -0.2) is 12.8 Å². The van der Waals surface area contributed by atoms with Gasteiger partial charge in [-0.1, -0.05) is 17.8 Å². The zero-order chi connectivity index (χ0) is 21.8. The van der Waals surface area contributed by atoms with Gasteiger partial charge in [0.2, 0.25) is 10.0 Å². The second-order valence-corrected chi connectivity index (χ2v) is 11.3. The number of nitriles is 1.